The number of urea groups is 1. The van der Waals surface area contributed by atoms with Gasteiger partial charge >= 0.3 is 12.1 Å². The smallest absolute Gasteiger partial charge is 0.405 e. The fourth-order valence-corrected chi connectivity index (χ4v) is 2.70. The summed E-state index contributed by atoms with van der Waals surface area (Å²) in [6.45, 7) is 0.147. The fourth-order valence-electron chi connectivity index (χ4n) is 1.97. The van der Waals surface area contributed by atoms with E-state index in [2.05, 4.69) is 10.6 Å². The van der Waals surface area contributed by atoms with Gasteiger partial charge in [-0.1, -0.05) is 22.6 Å². The zero-order valence-corrected chi connectivity index (χ0v) is 15.1. The summed E-state index contributed by atoms with van der Waals surface area (Å²) in [5, 5.41) is 15.4. The number of halogens is 3. The maximum absolute atomic E-state index is 13.7. The first-order chi connectivity index (χ1) is 11.7. The lowest BCUT2D eigenvalue weighted by Gasteiger charge is -2.17. The number of carbonyl (C=O) groups is 3. The van der Waals surface area contributed by atoms with Crippen molar-refractivity contribution < 1.29 is 28.3 Å². The number of nitrogens with one attached hydrogen (secondary N) is 3. The van der Waals surface area contributed by atoms with Crippen molar-refractivity contribution >= 4 is 46.3 Å². The average Bonchev–Trinajstić information content (AvgIpc) is 2.49. The second-order valence-electron chi connectivity index (χ2n) is 4.98. The molecule has 25 heavy (non-hydrogen) atoms. The van der Waals surface area contributed by atoms with Crippen LogP contribution in [-0.4, -0.2) is 35.7 Å². The van der Waals surface area contributed by atoms with Gasteiger partial charge in [0.15, 0.2) is 0 Å². The minimum Gasteiger partial charge on any atom is -0.465 e. The van der Waals surface area contributed by atoms with E-state index < -0.39 is 35.7 Å². The predicted octanol–water partition coefficient (Wildman–Crippen LogP) is 1.92. The lowest BCUT2D eigenvalue weighted by atomic mass is 10.1. The molecule has 0 aliphatic carbocycles. The van der Waals surface area contributed by atoms with Gasteiger partial charge < -0.3 is 26.8 Å². The molecule has 0 bridgehead atoms. The third kappa shape index (κ3) is 7.07. The maximum Gasteiger partial charge on any atom is 0.405 e. The van der Waals surface area contributed by atoms with Gasteiger partial charge in [0.25, 0.3) is 0 Å². The molecule has 0 aliphatic heterocycles. The molecule has 0 fully saturated rings. The van der Waals surface area contributed by atoms with E-state index in [1.807, 2.05) is 27.9 Å². The molecule has 0 aliphatic rings. The Labute approximate surface area is 155 Å². The Bertz CT molecular complexity index is 637. The van der Waals surface area contributed by atoms with Crippen molar-refractivity contribution in [3.63, 3.8) is 0 Å². The number of hydrogen-bond donors (Lipinski definition) is 5. The van der Waals surface area contributed by atoms with E-state index in [-0.39, 0.29) is 35.1 Å². The standard InChI is InChI=1S/C14H17F2IN4O4/c15-9-4-7(5-10(16)8(9)6-17)20-12(22)11(21-14(24)25)2-1-3-19-13(18)23/h4-5,11,21H,1-3,6H2,(H,20,22)(H,24,25)(H3,18,19,23). The molecule has 0 spiro atoms. The molecule has 1 aromatic rings. The molecule has 1 rings (SSSR count). The number of primary amides is 1. The lowest BCUT2D eigenvalue weighted by molar-refractivity contribution is -0.118. The monoisotopic (exact) mass is 470 g/mol. The van der Waals surface area contributed by atoms with Gasteiger partial charge in [0.05, 0.1) is 0 Å². The molecule has 6 N–H and O–H groups in total. The number of anilines is 1. The molecule has 0 heterocycles. The van der Waals surface area contributed by atoms with Gasteiger partial charge in [-0.15, -0.1) is 0 Å². The highest BCUT2D eigenvalue weighted by molar-refractivity contribution is 14.1. The topological polar surface area (TPSA) is 134 Å². The van der Waals surface area contributed by atoms with E-state index in [1.165, 1.54) is 0 Å². The first-order valence-electron chi connectivity index (χ1n) is 7.12. The number of alkyl halides is 1. The Balaban J connectivity index is 2.77. The molecule has 1 aromatic carbocycles. The van der Waals surface area contributed by atoms with Crippen LogP contribution in [0.4, 0.5) is 24.1 Å². The third-order valence-corrected chi connectivity index (χ3v) is 3.89. The minimum absolute atomic E-state index is 0.0508. The van der Waals surface area contributed by atoms with E-state index in [0.29, 0.717) is 0 Å². The molecule has 0 aromatic heterocycles. The summed E-state index contributed by atoms with van der Waals surface area (Å²) in [5.41, 5.74) is 4.65. The molecule has 138 valence electrons. The van der Waals surface area contributed by atoms with Crippen LogP contribution in [0.25, 0.3) is 0 Å². The van der Waals surface area contributed by atoms with Crippen LogP contribution in [0.3, 0.4) is 0 Å². The van der Waals surface area contributed by atoms with Crippen LogP contribution >= 0.6 is 22.6 Å². The summed E-state index contributed by atoms with van der Waals surface area (Å²) in [6, 6.07) is 0.0131. The van der Waals surface area contributed by atoms with Crippen molar-refractivity contribution in [3.05, 3.63) is 29.3 Å². The van der Waals surface area contributed by atoms with Crippen LogP contribution in [0, 0.1) is 11.6 Å². The number of carbonyl (C=O) groups excluding carboxylic acids is 2. The number of carboxylic acid groups (broad SMARTS) is 1. The van der Waals surface area contributed by atoms with Gasteiger partial charge in [-0.25, -0.2) is 18.4 Å². The summed E-state index contributed by atoms with van der Waals surface area (Å²) in [4.78, 5) is 33.5. The fraction of sp³-hybridized carbons (Fsp3) is 0.357. The number of nitrogens with two attached hydrogens (primary N) is 1. The normalized spacial score (nSPS) is 11.5. The van der Waals surface area contributed by atoms with Crippen LogP contribution < -0.4 is 21.7 Å². The Morgan fingerprint density at radius 1 is 1.24 bits per heavy atom. The summed E-state index contributed by atoms with van der Waals surface area (Å²) < 4.78 is 27.6. The summed E-state index contributed by atoms with van der Waals surface area (Å²) in [6.07, 6.45) is -1.12. The number of amides is 4. The molecule has 8 nitrogen and oxygen atoms in total. The molecule has 0 saturated heterocycles. The van der Waals surface area contributed by atoms with Gasteiger partial charge in [-0.2, -0.15) is 0 Å². The number of rotatable bonds is 8. The summed E-state index contributed by atoms with van der Waals surface area (Å²) in [5.74, 6) is -2.39. The lowest BCUT2D eigenvalue weighted by Crippen LogP contribution is -2.43. The first kappa shape index (κ1) is 20.9. The SMILES string of the molecule is NC(=O)NCCCC(NC(=O)O)C(=O)Nc1cc(F)c(CI)c(F)c1. The van der Waals surface area contributed by atoms with Crippen molar-refractivity contribution in [2.24, 2.45) is 5.73 Å². The molecule has 1 atom stereocenters. The van der Waals surface area contributed by atoms with Crippen molar-refractivity contribution in [2.75, 3.05) is 11.9 Å². The zero-order chi connectivity index (χ0) is 19.0. The van der Waals surface area contributed by atoms with Crippen molar-refractivity contribution in [3.8, 4) is 0 Å². The van der Waals surface area contributed by atoms with Crippen LogP contribution in [-0.2, 0) is 9.22 Å². The van der Waals surface area contributed by atoms with E-state index in [0.717, 1.165) is 12.1 Å². The molecular weight excluding hydrogens is 453 g/mol. The first-order valence-corrected chi connectivity index (χ1v) is 8.64. The predicted molar refractivity (Wildman–Crippen MR) is 94.5 cm³/mol. The zero-order valence-electron chi connectivity index (χ0n) is 12.9. The Morgan fingerprint density at radius 3 is 2.32 bits per heavy atom. The van der Waals surface area contributed by atoms with Crippen molar-refractivity contribution in [1.82, 2.24) is 10.6 Å². The van der Waals surface area contributed by atoms with E-state index in [9.17, 15) is 23.2 Å². The highest BCUT2D eigenvalue weighted by atomic mass is 127. The van der Waals surface area contributed by atoms with Gasteiger partial charge in [0, 0.05) is 22.2 Å². The summed E-state index contributed by atoms with van der Waals surface area (Å²) >= 11 is 1.81. The maximum atomic E-state index is 13.7. The molecule has 0 radical (unpaired) electrons. The second kappa shape index (κ2) is 9.96. The molecule has 0 saturated carbocycles. The van der Waals surface area contributed by atoms with Crippen LogP contribution in [0.15, 0.2) is 12.1 Å². The quantitative estimate of drug-likeness (QED) is 0.226. The Kier molecular flexibility index (Phi) is 8.31. The summed E-state index contributed by atoms with van der Waals surface area (Å²) in [7, 11) is 0. The molecule has 1 unspecified atom stereocenters. The third-order valence-electron chi connectivity index (χ3n) is 3.13. The average molecular weight is 470 g/mol. The highest BCUT2D eigenvalue weighted by Crippen LogP contribution is 2.21. The molecular formula is C14H17F2IN4O4. The molecule has 4 amide bonds. The number of hydrogen-bond acceptors (Lipinski definition) is 3. The molecule has 11 heteroatoms. The Hall–Kier alpha value is -2.18. The minimum atomic E-state index is -1.43. The second-order valence-corrected chi connectivity index (χ2v) is 5.74. The van der Waals surface area contributed by atoms with Gasteiger partial charge in [-0.3, -0.25) is 4.79 Å². The van der Waals surface area contributed by atoms with Gasteiger partial charge in [0.1, 0.15) is 17.7 Å². The van der Waals surface area contributed by atoms with Crippen LogP contribution in [0.2, 0.25) is 0 Å². The van der Waals surface area contributed by atoms with E-state index in [4.69, 9.17) is 10.8 Å². The van der Waals surface area contributed by atoms with Crippen LogP contribution in [0.5, 0.6) is 0 Å². The van der Waals surface area contributed by atoms with Crippen molar-refractivity contribution in [2.45, 2.75) is 23.3 Å². The van der Waals surface area contributed by atoms with Gasteiger partial charge in [0.2, 0.25) is 5.91 Å². The van der Waals surface area contributed by atoms with Crippen LogP contribution in [0.1, 0.15) is 18.4 Å². The van der Waals surface area contributed by atoms with Crippen molar-refractivity contribution in [1.29, 1.82) is 0 Å². The van der Waals surface area contributed by atoms with E-state index >= 15 is 0 Å². The highest BCUT2D eigenvalue weighted by Gasteiger charge is 2.21. The van der Waals surface area contributed by atoms with E-state index in [1.54, 1.807) is 0 Å². The van der Waals surface area contributed by atoms with Gasteiger partial charge in [-0.05, 0) is 25.0 Å². The largest absolute Gasteiger partial charge is 0.465 e. The number of benzene rings is 1. The Morgan fingerprint density at radius 2 is 1.84 bits per heavy atom.